The van der Waals surface area contributed by atoms with Crippen molar-refractivity contribution in [1.29, 1.82) is 0 Å². The third-order valence-electron chi connectivity index (χ3n) is 3.79. The number of nitrogens with zero attached hydrogens (tertiary/aromatic N) is 3. The molecular formula is C12H16N4. The Balaban J connectivity index is 2.21. The summed E-state index contributed by atoms with van der Waals surface area (Å²) in [7, 11) is 0. The largest absolute Gasteiger partial charge is 0.325 e. The van der Waals surface area contributed by atoms with Gasteiger partial charge in [-0.15, -0.1) is 0 Å². The molecule has 0 bridgehead atoms. The molecule has 2 N–H and O–H groups in total. The first-order valence-corrected chi connectivity index (χ1v) is 5.61. The molecule has 2 aromatic heterocycles. The summed E-state index contributed by atoms with van der Waals surface area (Å²) in [5.74, 6) is 0. The van der Waals surface area contributed by atoms with Gasteiger partial charge in [0, 0.05) is 29.5 Å². The maximum absolute atomic E-state index is 6.30. The minimum absolute atomic E-state index is 0.0910. The molecule has 0 unspecified atom stereocenters. The lowest BCUT2D eigenvalue weighted by atomic mass is 9.82. The van der Waals surface area contributed by atoms with Crippen LogP contribution in [0.5, 0.6) is 0 Å². The van der Waals surface area contributed by atoms with Crippen LogP contribution >= 0.6 is 0 Å². The molecule has 0 radical (unpaired) electrons. The molecule has 0 spiro atoms. The fourth-order valence-corrected chi connectivity index (χ4v) is 2.55. The second-order valence-electron chi connectivity index (χ2n) is 5.25. The van der Waals surface area contributed by atoms with Gasteiger partial charge < -0.3 is 10.1 Å². The number of imidazole rings is 1. The molecule has 0 aromatic carbocycles. The molecule has 2 heterocycles. The Hall–Kier alpha value is -1.42. The highest BCUT2D eigenvalue weighted by atomic mass is 15.1. The summed E-state index contributed by atoms with van der Waals surface area (Å²) in [6.07, 6.45) is 9.77. The fraction of sp³-hybridized carbons (Fsp3) is 0.500. The lowest BCUT2D eigenvalue weighted by molar-refractivity contribution is 0.382. The van der Waals surface area contributed by atoms with Gasteiger partial charge in [-0.2, -0.15) is 0 Å². The van der Waals surface area contributed by atoms with Crippen LogP contribution in [0.4, 0.5) is 0 Å². The number of nitrogens with two attached hydrogens (primary N) is 1. The van der Waals surface area contributed by atoms with Crippen molar-refractivity contribution in [2.45, 2.75) is 37.6 Å². The standard InChI is InChI=1S/C12H16N4/c1-11(2,13)12(3-4-12)9-7-15-10-8-14-5-6-16(9)10/h5-8H,3-4,13H2,1-2H3. The number of hydrogen-bond donors (Lipinski definition) is 1. The molecule has 0 saturated heterocycles. The van der Waals surface area contributed by atoms with Crippen molar-refractivity contribution in [3.63, 3.8) is 0 Å². The van der Waals surface area contributed by atoms with E-state index >= 15 is 0 Å². The molecule has 4 nitrogen and oxygen atoms in total. The molecule has 4 heteroatoms. The fourth-order valence-electron chi connectivity index (χ4n) is 2.55. The van der Waals surface area contributed by atoms with Gasteiger partial charge in [-0.05, 0) is 26.7 Å². The van der Waals surface area contributed by atoms with E-state index in [0.29, 0.717) is 0 Å². The summed E-state index contributed by atoms with van der Waals surface area (Å²) in [5.41, 5.74) is 8.31. The van der Waals surface area contributed by atoms with Crippen LogP contribution < -0.4 is 5.73 Å². The molecule has 16 heavy (non-hydrogen) atoms. The summed E-state index contributed by atoms with van der Waals surface area (Å²) >= 11 is 0. The highest BCUT2D eigenvalue weighted by Crippen LogP contribution is 2.54. The van der Waals surface area contributed by atoms with Gasteiger partial charge in [-0.25, -0.2) is 4.98 Å². The first kappa shape index (κ1) is 9.78. The lowest BCUT2D eigenvalue weighted by Crippen LogP contribution is -2.45. The monoisotopic (exact) mass is 216 g/mol. The van der Waals surface area contributed by atoms with Crippen molar-refractivity contribution < 1.29 is 0 Å². The van der Waals surface area contributed by atoms with Gasteiger partial charge in [-0.3, -0.25) is 4.98 Å². The van der Waals surface area contributed by atoms with Crippen molar-refractivity contribution >= 4 is 5.65 Å². The quantitative estimate of drug-likeness (QED) is 0.827. The Morgan fingerprint density at radius 2 is 2.12 bits per heavy atom. The van der Waals surface area contributed by atoms with Crippen LogP contribution in [0, 0.1) is 0 Å². The molecule has 1 aliphatic carbocycles. The SMILES string of the molecule is CC(C)(N)C1(c2cnc3cnccn23)CC1. The molecule has 0 atom stereocenters. The van der Waals surface area contributed by atoms with Gasteiger partial charge in [0.1, 0.15) is 0 Å². The Bertz CT molecular complexity index is 531. The Morgan fingerprint density at radius 3 is 2.75 bits per heavy atom. The zero-order valence-corrected chi connectivity index (χ0v) is 9.64. The second-order valence-corrected chi connectivity index (χ2v) is 5.25. The van der Waals surface area contributed by atoms with Gasteiger partial charge in [0.05, 0.1) is 11.9 Å². The summed E-state index contributed by atoms with van der Waals surface area (Å²) in [4.78, 5) is 8.46. The van der Waals surface area contributed by atoms with Gasteiger partial charge in [0.25, 0.3) is 0 Å². The maximum atomic E-state index is 6.30. The van der Waals surface area contributed by atoms with Crippen LogP contribution in [-0.2, 0) is 5.41 Å². The van der Waals surface area contributed by atoms with E-state index < -0.39 is 0 Å². The van der Waals surface area contributed by atoms with Crippen LogP contribution in [0.15, 0.2) is 24.8 Å². The van der Waals surface area contributed by atoms with Crippen LogP contribution in [0.25, 0.3) is 5.65 Å². The third-order valence-corrected chi connectivity index (χ3v) is 3.79. The minimum atomic E-state index is -0.202. The highest BCUT2D eigenvalue weighted by molar-refractivity contribution is 5.43. The summed E-state index contributed by atoms with van der Waals surface area (Å²) in [5, 5.41) is 0. The van der Waals surface area contributed by atoms with Crippen LogP contribution in [0.3, 0.4) is 0 Å². The summed E-state index contributed by atoms with van der Waals surface area (Å²) in [6.45, 7) is 4.20. The van der Waals surface area contributed by atoms with E-state index in [-0.39, 0.29) is 11.0 Å². The highest BCUT2D eigenvalue weighted by Gasteiger charge is 2.55. The zero-order chi connectivity index (χ0) is 11.4. The molecule has 2 aromatic rings. The molecule has 1 saturated carbocycles. The number of aromatic nitrogens is 3. The third kappa shape index (κ3) is 1.13. The van der Waals surface area contributed by atoms with Crippen molar-refractivity contribution in [3.8, 4) is 0 Å². The van der Waals surface area contributed by atoms with Crippen molar-refractivity contribution in [2.24, 2.45) is 5.73 Å². The smallest absolute Gasteiger partial charge is 0.155 e. The van der Waals surface area contributed by atoms with Gasteiger partial charge in [0.2, 0.25) is 0 Å². The molecule has 84 valence electrons. The predicted octanol–water partition coefficient (Wildman–Crippen LogP) is 1.50. The van der Waals surface area contributed by atoms with E-state index in [1.165, 1.54) is 5.69 Å². The van der Waals surface area contributed by atoms with Crippen LogP contribution in [0.2, 0.25) is 0 Å². The van der Waals surface area contributed by atoms with Crippen LogP contribution in [0.1, 0.15) is 32.4 Å². The van der Waals surface area contributed by atoms with Crippen LogP contribution in [-0.4, -0.2) is 19.9 Å². The topological polar surface area (TPSA) is 56.2 Å². The number of fused-ring (bicyclic) bond motifs is 1. The average Bonchev–Trinajstić information content (AvgIpc) is 2.93. The molecule has 3 rings (SSSR count). The number of rotatable bonds is 2. The van der Waals surface area contributed by atoms with Gasteiger partial charge in [0.15, 0.2) is 5.65 Å². The normalized spacial score (nSPS) is 18.9. The average molecular weight is 216 g/mol. The Labute approximate surface area is 94.5 Å². The maximum Gasteiger partial charge on any atom is 0.155 e. The Kier molecular flexibility index (Phi) is 1.73. The van der Waals surface area contributed by atoms with E-state index in [1.54, 1.807) is 12.4 Å². The van der Waals surface area contributed by atoms with E-state index in [9.17, 15) is 0 Å². The molecule has 1 fully saturated rings. The zero-order valence-electron chi connectivity index (χ0n) is 9.64. The molecule has 1 aliphatic rings. The Morgan fingerprint density at radius 1 is 1.38 bits per heavy atom. The first-order valence-electron chi connectivity index (χ1n) is 5.61. The summed E-state index contributed by atoms with van der Waals surface area (Å²) in [6, 6.07) is 0. The van der Waals surface area contributed by atoms with E-state index in [0.717, 1.165) is 18.5 Å². The molecular weight excluding hydrogens is 200 g/mol. The first-order chi connectivity index (χ1) is 7.55. The lowest BCUT2D eigenvalue weighted by Gasteiger charge is -2.30. The molecule has 0 aliphatic heterocycles. The van der Waals surface area contributed by atoms with E-state index in [2.05, 4.69) is 28.2 Å². The van der Waals surface area contributed by atoms with Crippen molar-refractivity contribution in [1.82, 2.24) is 14.4 Å². The van der Waals surface area contributed by atoms with E-state index in [4.69, 9.17) is 5.73 Å². The number of hydrogen-bond acceptors (Lipinski definition) is 3. The van der Waals surface area contributed by atoms with Gasteiger partial charge >= 0.3 is 0 Å². The van der Waals surface area contributed by atoms with Crippen molar-refractivity contribution in [2.75, 3.05) is 0 Å². The van der Waals surface area contributed by atoms with Gasteiger partial charge in [-0.1, -0.05) is 0 Å². The van der Waals surface area contributed by atoms with Crippen molar-refractivity contribution in [3.05, 3.63) is 30.5 Å². The van der Waals surface area contributed by atoms with E-state index in [1.807, 2.05) is 12.4 Å². The molecule has 0 amide bonds. The summed E-state index contributed by atoms with van der Waals surface area (Å²) < 4.78 is 2.11. The minimum Gasteiger partial charge on any atom is -0.325 e. The second kappa shape index (κ2) is 2.83. The predicted molar refractivity (Wildman–Crippen MR) is 62.2 cm³/mol.